The van der Waals surface area contributed by atoms with Crippen molar-refractivity contribution in [2.45, 2.75) is 6.42 Å². The fourth-order valence-corrected chi connectivity index (χ4v) is 1.68. The lowest BCUT2D eigenvalue weighted by Gasteiger charge is -2.07. The van der Waals surface area contributed by atoms with E-state index in [4.69, 9.17) is 4.74 Å². The molecule has 2 aromatic carbocycles. The van der Waals surface area contributed by atoms with Crippen LogP contribution in [0.2, 0.25) is 0 Å². The van der Waals surface area contributed by atoms with Crippen LogP contribution in [0, 0.1) is 6.07 Å². The van der Waals surface area contributed by atoms with Gasteiger partial charge in [-0.05, 0) is 42.3 Å². The summed E-state index contributed by atoms with van der Waals surface area (Å²) < 4.78 is 5.19. The third-order valence-electron chi connectivity index (χ3n) is 2.58. The van der Waals surface area contributed by atoms with Crippen molar-refractivity contribution in [2.75, 3.05) is 19.0 Å². The first-order valence-corrected chi connectivity index (χ1v) is 5.71. The zero-order valence-corrected chi connectivity index (χ0v) is 9.94. The van der Waals surface area contributed by atoms with Gasteiger partial charge in [-0.2, -0.15) is 0 Å². The highest BCUT2D eigenvalue weighted by molar-refractivity contribution is 5.42. The summed E-state index contributed by atoms with van der Waals surface area (Å²) in [7, 11) is 1.69. The molecule has 0 aromatic heterocycles. The van der Waals surface area contributed by atoms with Gasteiger partial charge < -0.3 is 10.1 Å². The van der Waals surface area contributed by atoms with E-state index in [0.29, 0.717) is 0 Å². The van der Waals surface area contributed by atoms with Crippen molar-refractivity contribution in [2.24, 2.45) is 0 Å². The van der Waals surface area contributed by atoms with E-state index >= 15 is 0 Å². The average Bonchev–Trinajstić information content (AvgIpc) is 2.40. The predicted molar refractivity (Wildman–Crippen MR) is 70.5 cm³/mol. The van der Waals surface area contributed by atoms with E-state index in [9.17, 15) is 0 Å². The van der Waals surface area contributed by atoms with E-state index < -0.39 is 0 Å². The monoisotopic (exact) mass is 226 g/mol. The van der Waals surface area contributed by atoms with Gasteiger partial charge in [-0.25, -0.2) is 0 Å². The van der Waals surface area contributed by atoms with Crippen molar-refractivity contribution in [3.05, 3.63) is 60.2 Å². The molecule has 0 atom stereocenters. The smallest absolute Gasteiger partial charge is 0.119 e. The highest BCUT2D eigenvalue weighted by atomic mass is 16.5. The van der Waals surface area contributed by atoms with Crippen molar-refractivity contribution in [1.29, 1.82) is 0 Å². The SMILES string of the molecule is COc1cccc(CCNc2c[c]ccc2)c1. The minimum absolute atomic E-state index is 0.908. The normalized spacial score (nSPS) is 9.94. The minimum Gasteiger partial charge on any atom is -0.497 e. The van der Waals surface area contributed by atoms with Gasteiger partial charge >= 0.3 is 0 Å². The highest BCUT2D eigenvalue weighted by Crippen LogP contribution is 2.13. The number of hydrogen-bond acceptors (Lipinski definition) is 2. The third-order valence-corrected chi connectivity index (χ3v) is 2.58. The van der Waals surface area contributed by atoms with E-state index in [1.165, 1.54) is 5.56 Å². The molecule has 0 saturated carbocycles. The molecule has 0 heterocycles. The number of benzene rings is 2. The second-order valence-electron chi connectivity index (χ2n) is 3.82. The molecule has 1 N–H and O–H groups in total. The Morgan fingerprint density at radius 1 is 1.24 bits per heavy atom. The third kappa shape index (κ3) is 3.52. The Bertz CT molecular complexity index is 453. The largest absolute Gasteiger partial charge is 0.497 e. The van der Waals surface area contributed by atoms with Gasteiger partial charge in [0.25, 0.3) is 0 Å². The minimum atomic E-state index is 0.908. The Balaban J connectivity index is 1.86. The lowest BCUT2D eigenvalue weighted by atomic mass is 10.1. The summed E-state index contributed by atoms with van der Waals surface area (Å²) in [4.78, 5) is 0. The summed E-state index contributed by atoms with van der Waals surface area (Å²) in [5.41, 5.74) is 2.38. The van der Waals surface area contributed by atoms with Gasteiger partial charge in [0.2, 0.25) is 0 Å². The molecule has 2 heteroatoms. The Morgan fingerprint density at radius 3 is 2.94 bits per heavy atom. The Hall–Kier alpha value is -1.96. The first-order valence-electron chi connectivity index (χ1n) is 5.71. The fourth-order valence-electron chi connectivity index (χ4n) is 1.68. The Morgan fingerprint density at radius 2 is 2.18 bits per heavy atom. The van der Waals surface area contributed by atoms with Crippen LogP contribution in [0.25, 0.3) is 0 Å². The van der Waals surface area contributed by atoms with Gasteiger partial charge in [-0.15, -0.1) is 0 Å². The molecule has 0 spiro atoms. The molecular formula is C15H16NO. The topological polar surface area (TPSA) is 21.3 Å². The molecular weight excluding hydrogens is 210 g/mol. The molecule has 0 aliphatic rings. The quantitative estimate of drug-likeness (QED) is 0.845. The lowest BCUT2D eigenvalue weighted by molar-refractivity contribution is 0.414. The van der Waals surface area contributed by atoms with Crippen LogP contribution in [0.15, 0.2) is 48.5 Å². The zero-order valence-electron chi connectivity index (χ0n) is 9.94. The van der Waals surface area contributed by atoms with Crippen molar-refractivity contribution >= 4 is 5.69 Å². The van der Waals surface area contributed by atoms with Gasteiger partial charge in [0.15, 0.2) is 0 Å². The van der Waals surface area contributed by atoms with Gasteiger partial charge in [0.05, 0.1) is 7.11 Å². The highest BCUT2D eigenvalue weighted by Gasteiger charge is 1.96. The first-order chi connectivity index (χ1) is 8.38. The maximum Gasteiger partial charge on any atom is 0.119 e. The van der Waals surface area contributed by atoms with Crippen molar-refractivity contribution in [3.8, 4) is 5.75 Å². The van der Waals surface area contributed by atoms with Gasteiger partial charge in [0.1, 0.15) is 5.75 Å². The Kier molecular flexibility index (Phi) is 4.03. The van der Waals surface area contributed by atoms with Crippen LogP contribution < -0.4 is 10.1 Å². The second kappa shape index (κ2) is 5.94. The van der Waals surface area contributed by atoms with Crippen LogP contribution in [0.1, 0.15) is 5.56 Å². The summed E-state index contributed by atoms with van der Waals surface area (Å²) >= 11 is 0. The number of hydrogen-bond donors (Lipinski definition) is 1. The summed E-state index contributed by atoms with van der Waals surface area (Å²) in [6.45, 7) is 0.908. The van der Waals surface area contributed by atoms with Crippen LogP contribution in [-0.4, -0.2) is 13.7 Å². The van der Waals surface area contributed by atoms with E-state index in [0.717, 1.165) is 24.4 Å². The first kappa shape index (κ1) is 11.5. The number of ether oxygens (including phenoxy) is 1. The maximum absolute atomic E-state index is 5.19. The molecule has 0 saturated heterocycles. The van der Waals surface area contributed by atoms with Gasteiger partial charge in [0, 0.05) is 12.2 Å². The standard InChI is InChI=1S/C15H16NO/c1-17-15-9-5-6-13(12-15)10-11-16-14-7-3-2-4-8-14/h2-3,5-9,12,16H,10-11H2,1H3. The van der Waals surface area contributed by atoms with Crippen LogP contribution in [0.4, 0.5) is 5.69 Å². The molecule has 2 rings (SSSR count). The van der Waals surface area contributed by atoms with Crippen LogP contribution in [0.3, 0.4) is 0 Å². The summed E-state index contributed by atoms with van der Waals surface area (Å²) in [6.07, 6.45) is 0.978. The number of rotatable bonds is 5. The summed E-state index contributed by atoms with van der Waals surface area (Å²) in [6, 6.07) is 19.1. The molecule has 0 fully saturated rings. The van der Waals surface area contributed by atoms with Gasteiger partial charge in [-0.1, -0.05) is 24.3 Å². The van der Waals surface area contributed by atoms with Crippen molar-refractivity contribution in [3.63, 3.8) is 0 Å². The fraction of sp³-hybridized carbons (Fsp3) is 0.200. The second-order valence-corrected chi connectivity index (χ2v) is 3.82. The van der Waals surface area contributed by atoms with Gasteiger partial charge in [-0.3, -0.25) is 0 Å². The molecule has 0 aliphatic carbocycles. The van der Waals surface area contributed by atoms with E-state index in [-0.39, 0.29) is 0 Å². The van der Waals surface area contributed by atoms with Crippen molar-refractivity contribution in [1.82, 2.24) is 0 Å². The summed E-state index contributed by atoms with van der Waals surface area (Å²) in [5, 5.41) is 3.36. The van der Waals surface area contributed by atoms with Crippen molar-refractivity contribution < 1.29 is 4.74 Å². The molecule has 0 unspecified atom stereocenters. The van der Waals surface area contributed by atoms with Crippen LogP contribution in [0.5, 0.6) is 5.75 Å². The molecule has 87 valence electrons. The van der Waals surface area contributed by atoms with E-state index in [2.05, 4.69) is 23.5 Å². The molecule has 17 heavy (non-hydrogen) atoms. The molecule has 0 bridgehead atoms. The number of nitrogens with one attached hydrogen (secondary N) is 1. The van der Waals surface area contributed by atoms with E-state index in [1.807, 2.05) is 36.4 Å². The number of anilines is 1. The van der Waals surface area contributed by atoms with Crippen LogP contribution >= 0.6 is 0 Å². The maximum atomic E-state index is 5.19. The number of methoxy groups -OCH3 is 1. The zero-order chi connectivity index (χ0) is 11.9. The average molecular weight is 226 g/mol. The molecule has 0 amide bonds. The Labute approximate surface area is 102 Å². The molecule has 2 nitrogen and oxygen atoms in total. The van der Waals surface area contributed by atoms with E-state index in [1.54, 1.807) is 7.11 Å². The lowest BCUT2D eigenvalue weighted by Crippen LogP contribution is -2.04. The summed E-state index contributed by atoms with van der Waals surface area (Å²) in [5.74, 6) is 0.913. The molecule has 1 radical (unpaired) electrons. The van der Waals surface area contributed by atoms with Crippen LogP contribution in [-0.2, 0) is 6.42 Å². The predicted octanol–water partition coefficient (Wildman–Crippen LogP) is 3.15. The molecule has 2 aromatic rings. The molecule has 0 aliphatic heterocycles.